The molecular formula is C17H32N2O2. The molecule has 1 heterocycles. The maximum absolute atomic E-state index is 12.5. The minimum Gasteiger partial charge on any atom is -0.465 e. The lowest BCUT2D eigenvalue weighted by Gasteiger charge is -2.43. The van der Waals surface area contributed by atoms with E-state index < -0.39 is 5.54 Å². The van der Waals surface area contributed by atoms with Gasteiger partial charge < -0.3 is 15.0 Å². The highest BCUT2D eigenvalue weighted by molar-refractivity contribution is 5.81. The number of carbonyl (C=O) groups is 1. The van der Waals surface area contributed by atoms with Crippen LogP contribution in [0.5, 0.6) is 0 Å². The summed E-state index contributed by atoms with van der Waals surface area (Å²) in [4.78, 5) is 15.1. The van der Waals surface area contributed by atoms with E-state index in [0.717, 1.165) is 25.8 Å². The zero-order chi connectivity index (χ0) is 15.1. The average Bonchev–Trinajstić information content (AvgIpc) is 2.77. The molecule has 0 bridgehead atoms. The second-order valence-electron chi connectivity index (χ2n) is 6.53. The maximum Gasteiger partial charge on any atom is 0.326 e. The lowest BCUT2D eigenvalue weighted by atomic mass is 9.78. The van der Waals surface area contributed by atoms with E-state index in [9.17, 15) is 4.79 Å². The van der Waals surface area contributed by atoms with Gasteiger partial charge >= 0.3 is 5.97 Å². The average molecular weight is 296 g/mol. The molecule has 4 heteroatoms. The number of likely N-dealkylation sites (tertiary alicyclic amines) is 1. The van der Waals surface area contributed by atoms with Crippen LogP contribution >= 0.6 is 0 Å². The van der Waals surface area contributed by atoms with Crippen LogP contribution in [-0.2, 0) is 9.53 Å². The summed E-state index contributed by atoms with van der Waals surface area (Å²) in [5, 5.41) is 3.47. The number of rotatable bonds is 5. The fourth-order valence-corrected chi connectivity index (χ4v) is 4.04. The molecule has 0 aromatic heterocycles. The third kappa shape index (κ3) is 4.19. The van der Waals surface area contributed by atoms with Crippen molar-refractivity contribution in [3.63, 3.8) is 0 Å². The molecular weight excluding hydrogens is 264 g/mol. The number of ether oxygens (including phenoxy) is 1. The molecule has 2 atom stereocenters. The van der Waals surface area contributed by atoms with Gasteiger partial charge in [-0.2, -0.15) is 0 Å². The predicted molar refractivity (Wildman–Crippen MR) is 85.3 cm³/mol. The Morgan fingerprint density at radius 2 is 1.90 bits per heavy atom. The molecule has 1 saturated heterocycles. The van der Waals surface area contributed by atoms with E-state index in [4.69, 9.17) is 4.74 Å². The van der Waals surface area contributed by atoms with Gasteiger partial charge in [-0.3, -0.25) is 4.79 Å². The molecule has 1 saturated carbocycles. The van der Waals surface area contributed by atoms with E-state index in [1.807, 2.05) is 6.92 Å². The van der Waals surface area contributed by atoms with Crippen LogP contribution in [-0.4, -0.2) is 48.7 Å². The number of esters is 1. The Bertz CT molecular complexity index is 323. The largest absolute Gasteiger partial charge is 0.465 e. The van der Waals surface area contributed by atoms with Crippen LogP contribution in [0.2, 0.25) is 0 Å². The van der Waals surface area contributed by atoms with Crippen LogP contribution in [0.4, 0.5) is 0 Å². The Morgan fingerprint density at radius 1 is 1.19 bits per heavy atom. The lowest BCUT2D eigenvalue weighted by molar-refractivity contribution is -0.154. The summed E-state index contributed by atoms with van der Waals surface area (Å²) in [5.41, 5.74) is -0.444. The van der Waals surface area contributed by atoms with Gasteiger partial charge in [-0.05, 0) is 65.1 Å². The highest BCUT2D eigenvalue weighted by Gasteiger charge is 2.44. The summed E-state index contributed by atoms with van der Waals surface area (Å²) in [7, 11) is 0. The summed E-state index contributed by atoms with van der Waals surface area (Å²) >= 11 is 0. The summed E-state index contributed by atoms with van der Waals surface area (Å²) < 4.78 is 5.38. The highest BCUT2D eigenvalue weighted by atomic mass is 16.5. The van der Waals surface area contributed by atoms with E-state index in [0.29, 0.717) is 12.6 Å². The van der Waals surface area contributed by atoms with Gasteiger partial charge in [0, 0.05) is 6.04 Å². The van der Waals surface area contributed by atoms with Gasteiger partial charge in [0.2, 0.25) is 0 Å². The van der Waals surface area contributed by atoms with Crippen LogP contribution in [0.1, 0.15) is 65.2 Å². The molecule has 2 rings (SSSR count). The molecule has 1 aliphatic carbocycles. The number of carbonyl (C=O) groups excluding carboxylic acids is 1. The van der Waals surface area contributed by atoms with Crippen molar-refractivity contribution >= 4 is 5.97 Å². The van der Waals surface area contributed by atoms with Crippen molar-refractivity contribution in [1.82, 2.24) is 10.2 Å². The molecule has 2 unspecified atom stereocenters. The minimum absolute atomic E-state index is 0.0358. The molecule has 2 fully saturated rings. The molecule has 0 amide bonds. The normalized spacial score (nSPS) is 31.6. The molecule has 122 valence electrons. The standard InChI is InChI=1S/C17H32N2O2/c1-3-18-17(16(20)21-4-2)11-9-10-15(14-17)19-12-7-5-6-8-13-19/h15,18H,3-14H2,1-2H3. The summed E-state index contributed by atoms with van der Waals surface area (Å²) in [6.07, 6.45) is 9.52. The van der Waals surface area contributed by atoms with Gasteiger partial charge in [0.25, 0.3) is 0 Å². The van der Waals surface area contributed by atoms with Crippen LogP contribution in [0.3, 0.4) is 0 Å². The van der Waals surface area contributed by atoms with Crippen molar-refractivity contribution in [3.05, 3.63) is 0 Å². The van der Waals surface area contributed by atoms with Gasteiger partial charge in [0.15, 0.2) is 0 Å². The second-order valence-corrected chi connectivity index (χ2v) is 6.53. The van der Waals surface area contributed by atoms with Crippen molar-refractivity contribution in [2.24, 2.45) is 0 Å². The first kappa shape index (κ1) is 16.8. The predicted octanol–water partition coefficient (Wildman–Crippen LogP) is 2.72. The molecule has 4 nitrogen and oxygen atoms in total. The number of hydrogen-bond donors (Lipinski definition) is 1. The molecule has 21 heavy (non-hydrogen) atoms. The van der Waals surface area contributed by atoms with Gasteiger partial charge in [0.1, 0.15) is 5.54 Å². The van der Waals surface area contributed by atoms with E-state index >= 15 is 0 Å². The molecule has 0 aromatic carbocycles. The van der Waals surface area contributed by atoms with Crippen molar-refractivity contribution in [3.8, 4) is 0 Å². The van der Waals surface area contributed by atoms with Crippen molar-refractivity contribution in [2.75, 3.05) is 26.2 Å². The van der Waals surface area contributed by atoms with Gasteiger partial charge in [-0.15, -0.1) is 0 Å². The molecule has 2 aliphatic rings. The first-order chi connectivity index (χ1) is 10.2. The highest BCUT2D eigenvalue weighted by Crippen LogP contribution is 2.33. The fraction of sp³-hybridized carbons (Fsp3) is 0.941. The summed E-state index contributed by atoms with van der Waals surface area (Å²) in [6.45, 7) is 7.68. The smallest absolute Gasteiger partial charge is 0.326 e. The molecule has 1 aliphatic heterocycles. The Labute approximate surface area is 129 Å². The zero-order valence-electron chi connectivity index (χ0n) is 13.8. The third-order valence-electron chi connectivity index (χ3n) is 5.06. The quantitative estimate of drug-likeness (QED) is 0.792. The Morgan fingerprint density at radius 3 is 2.52 bits per heavy atom. The number of hydrogen-bond acceptors (Lipinski definition) is 4. The number of nitrogens with one attached hydrogen (secondary N) is 1. The van der Waals surface area contributed by atoms with E-state index in [1.54, 1.807) is 0 Å². The van der Waals surface area contributed by atoms with Crippen LogP contribution in [0, 0.1) is 0 Å². The Kier molecular flexibility index (Phi) is 6.49. The SMILES string of the molecule is CCNC1(C(=O)OCC)CCCC(N2CCCCCC2)C1. The number of likely N-dealkylation sites (N-methyl/N-ethyl adjacent to an activating group) is 1. The van der Waals surface area contributed by atoms with Crippen molar-refractivity contribution in [2.45, 2.75) is 76.8 Å². The fourth-order valence-electron chi connectivity index (χ4n) is 4.04. The molecule has 0 aromatic rings. The van der Waals surface area contributed by atoms with Gasteiger partial charge in [-0.1, -0.05) is 19.8 Å². The van der Waals surface area contributed by atoms with E-state index in [2.05, 4.69) is 17.1 Å². The third-order valence-corrected chi connectivity index (χ3v) is 5.06. The topological polar surface area (TPSA) is 41.6 Å². The summed E-state index contributed by atoms with van der Waals surface area (Å²) in [6, 6.07) is 0.542. The Balaban J connectivity index is 2.06. The molecule has 1 N–H and O–H groups in total. The first-order valence-corrected chi connectivity index (χ1v) is 8.88. The zero-order valence-corrected chi connectivity index (χ0v) is 13.8. The Hall–Kier alpha value is -0.610. The van der Waals surface area contributed by atoms with Crippen molar-refractivity contribution < 1.29 is 9.53 Å². The van der Waals surface area contributed by atoms with Crippen LogP contribution < -0.4 is 5.32 Å². The molecule has 0 spiro atoms. The molecule has 0 radical (unpaired) electrons. The van der Waals surface area contributed by atoms with Gasteiger partial charge in [-0.25, -0.2) is 0 Å². The van der Waals surface area contributed by atoms with Gasteiger partial charge in [0.05, 0.1) is 6.61 Å². The van der Waals surface area contributed by atoms with Crippen LogP contribution in [0.25, 0.3) is 0 Å². The summed E-state index contributed by atoms with van der Waals surface area (Å²) in [5.74, 6) is -0.0358. The van der Waals surface area contributed by atoms with E-state index in [1.165, 1.54) is 45.2 Å². The lowest BCUT2D eigenvalue weighted by Crippen LogP contribution is -2.59. The van der Waals surface area contributed by atoms with Crippen LogP contribution in [0.15, 0.2) is 0 Å². The minimum atomic E-state index is -0.444. The first-order valence-electron chi connectivity index (χ1n) is 8.88. The second kappa shape index (κ2) is 8.14. The van der Waals surface area contributed by atoms with Crippen molar-refractivity contribution in [1.29, 1.82) is 0 Å². The maximum atomic E-state index is 12.5. The van der Waals surface area contributed by atoms with E-state index in [-0.39, 0.29) is 5.97 Å². The monoisotopic (exact) mass is 296 g/mol. The number of nitrogens with zero attached hydrogens (tertiary/aromatic N) is 1.